The summed E-state index contributed by atoms with van der Waals surface area (Å²) in [6, 6.07) is 12.0. The highest BCUT2D eigenvalue weighted by Crippen LogP contribution is 2.21. The van der Waals surface area contributed by atoms with E-state index >= 15 is 0 Å². The van der Waals surface area contributed by atoms with E-state index in [1.54, 1.807) is 0 Å². The van der Waals surface area contributed by atoms with Crippen molar-refractivity contribution in [2.75, 3.05) is 32.8 Å². The molecular formula is C18H22N2O3S. The van der Waals surface area contributed by atoms with Crippen LogP contribution in [0.4, 0.5) is 0 Å². The number of hydrogen-bond acceptors (Lipinski definition) is 5. The summed E-state index contributed by atoms with van der Waals surface area (Å²) in [5.74, 6) is -0.284. The molecule has 0 amide bonds. The van der Waals surface area contributed by atoms with Crippen LogP contribution in [0.25, 0.3) is 0 Å². The Hall–Kier alpha value is -1.89. The first kappa shape index (κ1) is 17.0. The third-order valence-corrected chi connectivity index (χ3v) is 5.00. The predicted molar refractivity (Wildman–Crippen MR) is 94.4 cm³/mol. The number of piperazine rings is 1. The molecule has 0 aliphatic carbocycles. The van der Waals surface area contributed by atoms with Gasteiger partial charge in [0.15, 0.2) is 6.61 Å². The van der Waals surface area contributed by atoms with Crippen molar-refractivity contribution in [2.24, 2.45) is 0 Å². The summed E-state index contributed by atoms with van der Waals surface area (Å²) in [5.41, 5.74) is 1.05. The Labute approximate surface area is 146 Å². The lowest BCUT2D eigenvalue weighted by Gasteiger charge is -2.34. The molecule has 128 valence electrons. The van der Waals surface area contributed by atoms with E-state index in [4.69, 9.17) is 9.84 Å². The average molecular weight is 346 g/mol. The standard InChI is InChI=1S/C18H22N2O3S/c21-18(22)14-23-17-6-2-1-4-15(17)12-19-7-9-20(10-8-19)13-16-5-3-11-24-16/h1-6,11H,7-10,12-14H2,(H,21,22). The molecule has 0 bridgehead atoms. The van der Waals surface area contributed by atoms with Crippen LogP contribution >= 0.6 is 11.3 Å². The number of rotatable bonds is 7. The molecule has 2 heterocycles. The molecule has 1 fully saturated rings. The number of carboxylic acid groups (broad SMARTS) is 1. The highest BCUT2D eigenvalue weighted by molar-refractivity contribution is 7.09. The summed E-state index contributed by atoms with van der Waals surface area (Å²) in [6.07, 6.45) is 0. The SMILES string of the molecule is O=C(O)COc1ccccc1CN1CCN(Cc2cccs2)CC1. The molecule has 0 unspecified atom stereocenters. The van der Waals surface area contributed by atoms with Crippen molar-refractivity contribution in [1.82, 2.24) is 9.80 Å². The maximum absolute atomic E-state index is 10.7. The minimum absolute atomic E-state index is 0.300. The highest BCUT2D eigenvalue weighted by Gasteiger charge is 2.18. The van der Waals surface area contributed by atoms with Gasteiger partial charge in [-0.2, -0.15) is 0 Å². The summed E-state index contributed by atoms with van der Waals surface area (Å²) in [4.78, 5) is 17.0. The van der Waals surface area contributed by atoms with Crippen molar-refractivity contribution in [1.29, 1.82) is 0 Å². The van der Waals surface area contributed by atoms with E-state index in [1.807, 2.05) is 35.6 Å². The molecule has 2 aromatic rings. The molecule has 1 aliphatic rings. The molecule has 0 atom stereocenters. The predicted octanol–water partition coefficient (Wildman–Crippen LogP) is 2.53. The quantitative estimate of drug-likeness (QED) is 0.835. The van der Waals surface area contributed by atoms with Crippen LogP contribution in [-0.2, 0) is 17.9 Å². The third-order valence-electron chi connectivity index (χ3n) is 4.14. The van der Waals surface area contributed by atoms with E-state index in [0.29, 0.717) is 5.75 Å². The van der Waals surface area contributed by atoms with Gasteiger partial charge in [-0.05, 0) is 17.5 Å². The number of benzene rings is 1. The van der Waals surface area contributed by atoms with E-state index in [2.05, 4.69) is 27.3 Å². The zero-order valence-electron chi connectivity index (χ0n) is 13.6. The van der Waals surface area contributed by atoms with Gasteiger partial charge in [0.2, 0.25) is 0 Å². The van der Waals surface area contributed by atoms with Gasteiger partial charge in [-0.1, -0.05) is 24.3 Å². The molecule has 1 saturated heterocycles. The minimum atomic E-state index is -0.952. The molecule has 1 aromatic carbocycles. The summed E-state index contributed by atoms with van der Waals surface area (Å²) in [5, 5.41) is 10.9. The van der Waals surface area contributed by atoms with E-state index in [0.717, 1.165) is 44.8 Å². The topological polar surface area (TPSA) is 53.0 Å². The number of para-hydroxylation sites is 1. The first-order valence-corrected chi connectivity index (χ1v) is 8.98. The number of carboxylic acids is 1. The zero-order valence-corrected chi connectivity index (χ0v) is 14.4. The first-order chi connectivity index (χ1) is 11.7. The number of nitrogens with zero attached hydrogens (tertiary/aromatic N) is 2. The van der Waals surface area contributed by atoms with Crippen molar-refractivity contribution in [3.8, 4) is 5.75 Å². The van der Waals surface area contributed by atoms with Gasteiger partial charge >= 0.3 is 5.97 Å². The van der Waals surface area contributed by atoms with Gasteiger partial charge in [-0.25, -0.2) is 4.79 Å². The molecule has 3 rings (SSSR count). The maximum Gasteiger partial charge on any atom is 0.341 e. The van der Waals surface area contributed by atoms with Crippen molar-refractivity contribution < 1.29 is 14.6 Å². The normalized spacial score (nSPS) is 16.2. The molecule has 5 nitrogen and oxygen atoms in total. The third kappa shape index (κ3) is 4.80. The van der Waals surface area contributed by atoms with Gasteiger partial charge in [0, 0.05) is 49.7 Å². The summed E-state index contributed by atoms with van der Waals surface area (Å²) in [6.45, 7) is 5.65. The number of carbonyl (C=O) groups is 1. The van der Waals surface area contributed by atoms with Crippen LogP contribution in [0, 0.1) is 0 Å². The second-order valence-electron chi connectivity index (χ2n) is 5.92. The molecule has 1 N–H and O–H groups in total. The first-order valence-electron chi connectivity index (χ1n) is 8.10. The number of hydrogen-bond donors (Lipinski definition) is 1. The van der Waals surface area contributed by atoms with Crippen LogP contribution in [0.3, 0.4) is 0 Å². The molecule has 24 heavy (non-hydrogen) atoms. The van der Waals surface area contributed by atoms with Crippen LogP contribution < -0.4 is 4.74 Å². The fourth-order valence-corrected chi connectivity index (χ4v) is 3.63. The fraction of sp³-hybridized carbons (Fsp3) is 0.389. The van der Waals surface area contributed by atoms with Gasteiger partial charge in [0.25, 0.3) is 0 Å². The van der Waals surface area contributed by atoms with Crippen LogP contribution in [-0.4, -0.2) is 53.7 Å². The Bertz CT molecular complexity index is 652. The molecule has 1 aromatic heterocycles. The number of aliphatic carboxylic acids is 1. The summed E-state index contributed by atoms with van der Waals surface area (Å²) in [7, 11) is 0. The zero-order chi connectivity index (χ0) is 16.8. The Morgan fingerprint density at radius 1 is 1.04 bits per heavy atom. The number of thiophene rings is 1. The molecule has 0 saturated carbocycles. The summed E-state index contributed by atoms with van der Waals surface area (Å²) >= 11 is 1.81. The van der Waals surface area contributed by atoms with Crippen molar-refractivity contribution in [3.05, 3.63) is 52.2 Å². The van der Waals surface area contributed by atoms with Crippen LogP contribution in [0.2, 0.25) is 0 Å². The van der Waals surface area contributed by atoms with Gasteiger partial charge in [0.1, 0.15) is 5.75 Å². The van der Waals surface area contributed by atoms with Gasteiger partial charge in [-0.3, -0.25) is 9.80 Å². The molecular weight excluding hydrogens is 324 g/mol. The van der Waals surface area contributed by atoms with E-state index in [9.17, 15) is 4.79 Å². The lowest BCUT2D eigenvalue weighted by molar-refractivity contribution is -0.139. The minimum Gasteiger partial charge on any atom is -0.482 e. The number of ether oxygens (including phenoxy) is 1. The van der Waals surface area contributed by atoms with Gasteiger partial charge in [0.05, 0.1) is 0 Å². The Morgan fingerprint density at radius 3 is 2.42 bits per heavy atom. The van der Waals surface area contributed by atoms with Crippen LogP contribution in [0.1, 0.15) is 10.4 Å². The van der Waals surface area contributed by atoms with Gasteiger partial charge < -0.3 is 9.84 Å². The molecule has 0 spiro atoms. The van der Waals surface area contributed by atoms with Crippen LogP contribution in [0.5, 0.6) is 5.75 Å². The van der Waals surface area contributed by atoms with Crippen LogP contribution in [0.15, 0.2) is 41.8 Å². The Kier molecular flexibility index (Phi) is 5.85. The maximum atomic E-state index is 10.7. The highest BCUT2D eigenvalue weighted by atomic mass is 32.1. The van der Waals surface area contributed by atoms with E-state index in [1.165, 1.54) is 4.88 Å². The second-order valence-corrected chi connectivity index (χ2v) is 6.95. The van der Waals surface area contributed by atoms with E-state index in [-0.39, 0.29) is 6.61 Å². The summed E-state index contributed by atoms with van der Waals surface area (Å²) < 4.78 is 5.40. The van der Waals surface area contributed by atoms with Gasteiger partial charge in [-0.15, -0.1) is 11.3 Å². The van der Waals surface area contributed by atoms with Crippen molar-refractivity contribution >= 4 is 17.3 Å². The molecule has 6 heteroatoms. The molecule has 0 radical (unpaired) electrons. The second kappa shape index (κ2) is 8.28. The van der Waals surface area contributed by atoms with Crippen molar-refractivity contribution in [3.63, 3.8) is 0 Å². The monoisotopic (exact) mass is 346 g/mol. The van der Waals surface area contributed by atoms with E-state index < -0.39 is 5.97 Å². The molecule has 1 aliphatic heterocycles. The van der Waals surface area contributed by atoms with Crippen molar-refractivity contribution in [2.45, 2.75) is 13.1 Å². The lowest BCUT2D eigenvalue weighted by Crippen LogP contribution is -2.45. The fourth-order valence-electron chi connectivity index (χ4n) is 2.88. The smallest absolute Gasteiger partial charge is 0.341 e. The Morgan fingerprint density at radius 2 is 1.75 bits per heavy atom. The average Bonchev–Trinajstić information content (AvgIpc) is 3.09. The Balaban J connectivity index is 1.51. The largest absolute Gasteiger partial charge is 0.482 e. The lowest BCUT2D eigenvalue weighted by atomic mass is 10.1.